The van der Waals surface area contributed by atoms with Crippen molar-refractivity contribution in [3.05, 3.63) is 28.8 Å². The molecule has 0 radical (unpaired) electrons. The van der Waals surface area contributed by atoms with E-state index in [0.29, 0.717) is 6.54 Å². The van der Waals surface area contributed by atoms with Gasteiger partial charge in [-0.3, -0.25) is 9.59 Å². The molecule has 0 bridgehead atoms. The summed E-state index contributed by atoms with van der Waals surface area (Å²) in [5, 5.41) is 2.40. The summed E-state index contributed by atoms with van der Waals surface area (Å²) in [4.78, 5) is 25.1. The molecule has 0 spiro atoms. The lowest BCUT2D eigenvalue weighted by atomic mass is 10.2. The van der Waals surface area contributed by atoms with Crippen LogP contribution in [0.15, 0.2) is 18.2 Å². The SMILES string of the molecule is CCCCCN(CCC(=O)Nc1cc(C(F)(F)F)ccc1Cl)C(C)=O. The van der Waals surface area contributed by atoms with Crippen LogP contribution in [0.3, 0.4) is 0 Å². The van der Waals surface area contributed by atoms with E-state index in [9.17, 15) is 22.8 Å². The fourth-order valence-electron chi connectivity index (χ4n) is 2.23. The maximum Gasteiger partial charge on any atom is 0.416 e. The third-order valence-electron chi connectivity index (χ3n) is 3.65. The fourth-order valence-corrected chi connectivity index (χ4v) is 2.39. The van der Waals surface area contributed by atoms with Crippen molar-refractivity contribution in [2.45, 2.75) is 45.7 Å². The highest BCUT2D eigenvalue weighted by Crippen LogP contribution is 2.33. The van der Waals surface area contributed by atoms with Crippen molar-refractivity contribution < 1.29 is 22.8 Å². The zero-order chi connectivity index (χ0) is 19.0. The number of carbonyl (C=O) groups excluding carboxylic acids is 2. The molecule has 0 aliphatic rings. The van der Waals surface area contributed by atoms with Gasteiger partial charge in [0.1, 0.15) is 0 Å². The van der Waals surface area contributed by atoms with E-state index < -0.39 is 17.6 Å². The predicted octanol–water partition coefficient (Wildman–Crippen LogP) is 4.73. The van der Waals surface area contributed by atoms with Crippen LogP contribution in [0.4, 0.5) is 18.9 Å². The Bertz CT molecular complexity index is 606. The highest BCUT2D eigenvalue weighted by atomic mass is 35.5. The second-order valence-electron chi connectivity index (χ2n) is 5.70. The van der Waals surface area contributed by atoms with E-state index in [4.69, 9.17) is 11.6 Å². The zero-order valence-electron chi connectivity index (χ0n) is 14.3. The molecule has 0 aliphatic carbocycles. The van der Waals surface area contributed by atoms with E-state index in [1.165, 1.54) is 6.92 Å². The number of nitrogens with zero attached hydrogens (tertiary/aromatic N) is 1. The normalized spacial score (nSPS) is 11.3. The molecule has 0 saturated carbocycles. The Labute approximate surface area is 150 Å². The standard InChI is InChI=1S/C17H22ClF3N2O2/c1-3-4-5-9-23(12(2)24)10-8-16(25)22-15-11-13(17(19,20)21)6-7-14(15)18/h6-7,11H,3-5,8-10H2,1-2H3,(H,22,25). The van der Waals surface area contributed by atoms with Gasteiger partial charge in [-0.25, -0.2) is 0 Å². The zero-order valence-corrected chi connectivity index (χ0v) is 15.0. The van der Waals surface area contributed by atoms with Gasteiger partial charge in [0.25, 0.3) is 0 Å². The van der Waals surface area contributed by atoms with Gasteiger partial charge in [0.15, 0.2) is 0 Å². The first kappa shape index (κ1) is 21.3. The molecule has 1 rings (SSSR count). The molecule has 140 valence electrons. The van der Waals surface area contributed by atoms with Crippen LogP contribution >= 0.6 is 11.6 Å². The number of hydrogen-bond acceptors (Lipinski definition) is 2. The fraction of sp³-hybridized carbons (Fsp3) is 0.529. The Hall–Kier alpha value is -1.76. The van der Waals surface area contributed by atoms with E-state index >= 15 is 0 Å². The Morgan fingerprint density at radius 1 is 1.20 bits per heavy atom. The number of alkyl halides is 3. The van der Waals surface area contributed by atoms with E-state index in [1.807, 2.05) is 6.92 Å². The topological polar surface area (TPSA) is 49.4 Å². The van der Waals surface area contributed by atoms with Crippen molar-refractivity contribution in [1.82, 2.24) is 4.90 Å². The molecule has 25 heavy (non-hydrogen) atoms. The molecule has 1 aromatic carbocycles. The maximum atomic E-state index is 12.7. The highest BCUT2D eigenvalue weighted by molar-refractivity contribution is 6.33. The summed E-state index contributed by atoms with van der Waals surface area (Å²) in [6.07, 6.45) is -1.69. The van der Waals surface area contributed by atoms with Gasteiger partial charge in [0, 0.05) is 26.4 Å². The van der Waals surface area contributed by atoms with Crippen molar-refractivity contribution in [1.29, 1.82) is 0 Å². The average molecular weight is 379 g/mol. The van der Waals surface area contributed by atoms with E-state index in [0.717, 1.165) is 37.5 Å². The van der Waals surface area contributed by atoms with Crippen molar-refractivity contribution in [3.8, 4) is 0 Å². The number of rotatable bonds is 8. The summed E-state index contributed by atoms with van der Waals surface area (Å²) < 4.78 is 38.2. The van der Waals surface area contributed by atoms with Crippen molar-refractivity contribution >= 4 is 29.1 Å². The van der Waals surface area contributed by atoms with E-state index in [1.54, 1.807) is 4.90 Å². The molecule has 8 heteroatoms. The largest absolute Gasteiger partial charge is 0.416 e. The van der Waals surface area contributed by atoms with Crippen LogP contribution in [0.5, 0.6) is 0 Å². The Kier molecular flexibility index (Phi) is 8.22. The Morgan fingerprint density at radius 2 is 1.88 bits per heavy atom. The first-order chi connectivity index (χ1) is 11.6. The van der Waals surface area contributed by atoms with Gasteiger partial charge in [-0.15, -0.1) is 0 Å². The molecule has 0 saturated heterocycles. The second kappa shape index (κ2) is 9.65. The van der Waals surface area contributed by atoms with Crippen LogP contribution in [-0.4, -0.2) is 29.8 Å². The molecule has 0 aromatic heterocycles. The van der Waals surface area contributed by atoms with E-state index in [-0.39, 0.29) is 29.6 Å². The van der Waals surface area contributed by atoms with E-state index in [2.05, 4.69) is 5.32 Å². The van der Waals surface area contributed by atoms with Crippen LogP contribution in [-0.2, 0) is 15.8 Å². The number of hydrogen-bond donors (Lipinski definition) is 1. The number of carbonyl (C=O) groups is 2. The number of nitrogens with one attached hydrogen (secondary N) is 1. The summed E-state index contributed by atoms with van der Waals surface area (Å²) in [5.41, 5.74) is -0.987. The van der Waals surface area contributed by atoms with Gasteiger partial charge in [-0.1, -0.05) is 31.4 Å². The van der Waals surface area contributed by atoms with Gasteiger partial charge < -0.3 is 10.2 Å². The minimum Gasteiger partial charge on any atom is -0.342 e. The van der Waals surface area contributed by atoms with Crippen LogP contribution in [0.25, 0.3) is 0 Å². The molecule has 2 amide bonds. The third-order valence-corrected chi connectivity index (χ3v) is 3.98. The minimum atomic E-state index is -4.52. The van der Waals surface area contributed by atoms with Crippen LogP contribution < -0.4 is 5.32 Å². The maximum absolute atomic E-state index is 12.7. The average Bonchev–Trinajstić information content (AvgIpc) is 2.51. The number of halogens is 4. The lowest BCUT2D eigenvalue weighted by Crippen LogP contribution is -2.33. The Balaban J connectivity index is 2.65. The van der Waals surface area contributed by atoms with Gasteiger partial charge in [0.05, 0.1) is 16.3 Å². The van der Waals surface area contributed by atoms with Crippen LogP contribution in [0.1, 0.15) is 45.1 Å². The molecular formula is C17H22ClF3N2O2. The molecule has 0 atom stereocenters. The summed E-state index contributed by atoms with van der Waals surface area (Å²) in [6.45, 7) is 4.24. The third kappa shape index (κ3) is 7.34. The smallest absolute Gasteiger partial charge is 0.342 e. The number of unbranched alkanes of at least 4 members (excludes halogenated alkanes) is 2. The summed E-state index contributed by atoms with van der Waals surface area (Å²) in [5.74, 6) is -0.635. The predicted molar refractivity (Wildman–Crippen MR) is 91.5 cm³/mol. The van der Waals surface area contributed by atoms with Gasteiger partial charge in [-0.05, 0) is 24.6 Å². The second-order valence-corrected chi connectivity index (χ2v) is 6.11. The quantitative estimate of drug-likeness (QED) is 0.665. The summed E-state index contributed by atoms with van der Waals surface area (Å²) in [6, 6.07) is 2.74. The first-order valence-electron chi connectivity index (χ1n) is 8.07. The number of amides is 2. The molecule has 4 nitrogen and oxygen atoms in total. The van der Waals surface area contributed by atoms with Crippen molar-refractivity contribution in [3.63, 3.8) is 0 Å². The highest BCUT2D eigenvalue weighted by Gasteiger charge is 2.31. The molecule has 1 aromatic rings. The number of benzene rings is 1. The summed E-state index contributed by atoms with van der Waals surface area (Å²) in [7, 11) is 0. The molecule has 0 heterocycles. The van der Waals surface area contributed by atoms with Gasteiger partial charge >= 0.3 is 6.18 Å². The van der Waals surface area contributed by atoms with Crippen molar-refractivity contribution in [2.24, 2.45) is 0 Å². The number of anilines is 1. The van der Waals surface area contributed by atoms with Crippen LogP contribution in [0.2, 0.25) is 5.02 Å². The monoisotopic (exact) mass is 378 g/mol. The van der Waals surface area contributed by atoms with Gasteiger partial charge in [-0.2, -0.15) is 13.2 Å². The summed E-state index contributed by atoms with van der Waals surface area (Å²) >= 11 is 5.84. The van der Waals surface area contributed by atoms with Crippen LogP contribution in [0, 0.1) is 0 Å². The molecule has 0 fully saturated rings. The molecule has 1 N–H and O–H groups in total. The Morgan fingerprint density at radius 3 is 2.44 bits per heavy atom. The molecule has 0 unspecified atom stereocenters. The minimum absolute atomic E-state index is 0.0156. The van der Waals surface area contributed by atoms with Gasteiger partial charge in [0.2, 0.25) is 11.8 Å². The molecule has 0 aliphatic heterocycles. The lowest BCUT2D eigenvalue weighted by Gasteiger charge is -2.20. The van der Waals surface area contributed by atoms with Crippen molar-refractivity contribution in [2.75, 3.05) is 18.4 Å². The lowest BCUT2D eigenvalue weighted by molar-refractivity contribution is -0.137. The first-order valence-corrected chi connectivity index (χ1v) is 8.45. The molecular weight excluding hydrogens is 357 g/mol.